The quantitative estimate of drug-likeness (QED) is 0.542. The number of benzene rings is 2. The summed E-state index contributed by atoms with van der Waals surface area (Å²) < 4.78 is 9.69. The van der Waals surface area contributed by atoms with E-state index < -0.39 is 0 Å². The van der Waals surface area contributed by atoms with Crippen LogP contribution in [-0.4, -0.2) is 23.2 Å². The molecule has 21 heavy (non-hydrogen) atoms. The van der Waals surface area contributed by atoms with Gasteiger partial charge in [-0.15, -0.1) is 0 Å². The minimum atomic E-state index is -0.0731. The fraction of sp³-hybridized carbons (Fsp3) is 0.0625. The van der Waals surface area contributed by atoms with Crippen LogP contribution in [0.15, 0.2) is 53.2 Å². The Morgan fingerprint density at radius 3 is 2.62 bits per heavy atom. The van der Waals surface area contributed by atoms with Crippen LogP contribution in [0, 0.1) is 0 Å². The van der Waals surface area contributed by atoms with Gasteiger partial charge in [-0.25, -0.2) is 4.63 Å². The summed E-state index contributed by atoms with van der Waals surface area (Å²) in [7, 11) is 1.59. The molecule has 1 aromatic heterocycles. The highest BCUT2D eigenvalue weighted by Gasteiger charge is 2.03. The molecule has 0 unspecified atom stereocenters. The average Bonchev–Trinajstić information content (AvgIpc) is 3.00. The number of ether oxygens (including phenoxy) is 1. The van der Waals surface area contributed by atoms with Crippen molar-refractivity contribution in [3.05, 3.63) is 59.7 Å². The second-order valence-electron chi connectivity index (χ2n) is 4.44. The molecule has 2 aromatic carbocycles. The Balaban J connectivity index is 1.78. The van der Waals surface area contributed by atoms with Crippen LogP contribution in [0.2, 0.25) is 0 Å². The Hall–Kier alpha value is -2.95. The third-order valence-corrected chi connectivity index (χ3v) is 3.08. The van der Waals surface area contributed by atoms with E-state index in [2.05, 4.69) is 14.9 Å². The summed E-state index contributed by atoms with van der Waals surface area (Å²) in [4.78, 5) is 12.1. The number of rotatable bonds is 4. The molecule has 5 heteroatoms. The van der Waals surface area contributed by atoms with Crippen LogP contribution in [-0.2, 0) is 0 Å². The molecule has 104 valence electrons. The first-order valence-corrected chi connectivity index (χ1v) is 6.35. The lowest BCUT2D eigenvalue weighted by Crippen LogP contribution is -1.94. The monoisotopic (exact) mass is 280 g/mol. The molecule has 0 fully saturated rings. The first kappa shape index (κ1) is 13.1. The van der Waals surface area contributed by atoms with Crippen molar-refractivity contribution in [3.63, 3.8) is 0 Å². The van der Waals surface area contributed by atoms with Crippen LogP contribution < -0.4 is 4.74 Å². The molecule has 1 heterocycles. The van der Waals surface area contributed by atoms with E-state index in [1.165, 1.54) is 6.08 Å². The number of ketones is 1. The number of allylic oxidation sites excluding steroid dienone is 1. The standard InChI is InChI=1S/C16H12N2O3/c1-20-13-6-4-12(5-7-13)16(19)9-3-11-2-8-14-15(10-11)18-21-17-14/h2-10H,1H3/b9-3+. The Labute approximate surface area is 120 Å². The summed E-state index contributed by atoms with van der Waals surface area (Å²) in [6, 6.07) is 12.4. The molecule has 0 aliphatic carbocycles. The van der Waals surface area contributed by atoms with Crippen molar-refractivity contribution in [3.8, 4) is 5.75 Å². The topological polar surface area (TPSA) is 65.2 Å². The zero-order valence-corrected chi connectivity index (χ0v) is 11.3. The normalized spacial score (nSPS) is 11.1. The molecule has 0 aliphatic rings. The lowest BCUT2D eigenvalue weighted by atomic mass is 10.1. The molecule has 5 nitrogen and oxygen atoms in total. The maximum Gasteiger partial charge on any atom is 0.185 e. The summed E-state index contributed by atoms with van der Waals surface area (Å²) in [6.45, 7) is 0. The van der Waals surface area contributed by atoms with Crippen LogP contribution in [0.3, 0.4) is 0 Å². The number of fused-ring (bicyclic) bond motifs is 1. The Bertz CT molecular complexity index is 804. The summed E-state index contributed by atoms with van der Waals surface area (Å²) in [6.07, 6.45) is 3.26. The molecule has 0 saturated heterocycles. The van der Waals surface area contributed by atoms with Gasteiger partial charge in [-0.1, -0.05) is 12.1 Å². The fourth-order valence-electron chi connectivity index (χ4n) is 1.93. The molecule has 0 N–H and O–H groups in total. The number of methoxy groups -OCH3 is 1. The Morgan fingerprint density at radius 2 is 1.86 bits per heavy atom. The van der Waals surface area contributed by atoms with E-state index in [9.17, 15) is 4.79 Å². The van der Waals surface area contributed by atoms with Gasteiger partial charge in [-0.2, -0.15) is 0 Å². The van der Waals surface area contributed by atoms with Gasteiger partial charge in [-0.05, 0) is 58.4 Å². The van der Waals surface area contributed by atoms with E-state index in [0.717, 1.165) is 11.3 Å². The molecular weight excluding hydrogens is 268 g/mol. The van der Waals surface area contributed by atoms with E-state index in [1.807, 2.05) is 12.1 Å². The van der Waals surface area contributed by atoms with Crippen molar-refractivity contribution in [1.82, 2.24) is 10.3 Å². The van der Waals surface area contributed by atoms with E-state index in [1.54, 1.807) is 43.5 Å². The minimum absolute atomic E-state index is 0.0731. The van der Waals surface area contributed by atoms with Crippen molar-refractivity contribution in [1.29, 1.82) is 0 Å². The van der Waals surface area contributed by atoms with Gasteiger partial charge in [0, 0.05) is 5.56 Å². The zero-order chi connectivity index (χ0) is 14.7. The highest BCUT2D eigenvalue weighted by Crippen LogP contribution is 2.15. The smallest absolute Gasteiger partial charge is 0.185 e. The van der Waals surface area contributed by atoms with Crippen LogP contribution in [0.5, 0.6) is 5.75 Å². The number of hydrogen-bond acceptors (Lipinski definition) is 5. The van der Waals surface area contributed by atoms with Gasteiger partial charge in [-0.3, -0.25) is 4.79 Å². The highest BCUT2D eigenvalue weighted by molar-refractivity contribution is 6.07. The Morgan fingerprint density at radius 1 is 1.10 bits per heavy atom. The second-order valence-corrected chi connectivity index (χ2v) is 4.44. The van der Waals surface area contributed by atoms with Gasteiger partial charge in [0.1, 0.15) is 16.8 Å². The van der Waals surface area contributed by atoms with Crippen molar-refractivity contribution < 1.29 is 14.2 Å². The van der Waals surface area contributed by atoms with Gasteiger partial charge in [0.25, 0.3) is 0 Å². The van der Waals surface area contributed by atoms with E-state index >= 15 is 0 Å². The summed E-state index contributed by atoms with van der Waals surface area (Å²) >= 11 is 0. The summed E-state index contributed by atoms with van der Waals surface area (Å²) in [5.74, 6) is 0.649. The molecule has 0 amide bonds. The van der Waals surface area contributed by atoms with Crippen molar-refractivity contribution in [2.24, 2.45) is 0 Å². The van der Waals surface area contributed by atoms with E-state index in [-0.39, 0.29) is 5.78 Å². The second kappa shape index (κ2) is 5.58. The molecule has 0 aliphatic heterocycles. The lowest BCUT2D eigenvalue weighted by Gasteiger charge is -2.00. The Kier molecular flexibility index (Phi) is 3.47. The number of hydrogen-bond donors (Lipinski definition) is 0. The van der Waals surface area contributed by atoms with E-state index in [4.69, 9.17) is 4.74 Å². The molecule has 0 saturated carbocycles. The molecule has 0 atom stereocenters. The lowest BCUT2D eigenvalue weighted by molar-refractivity contribution is 0.104. The van der Waals surface area contributed by atoms with E-state index in [0.29, 0.717) is 16.6 Å². The maximum atomic E-state index is 12.1. The summed E-state index contributed by atoms with van der Waals surface area (Å²) in [5, 5.41) is 7.49. The first-order valence-electron chi connectivity index (χ1n) is 6.35. The largest absolute Gasteiger partial charge is 0.497 e. The minimum Gasteiger partial charge on any atom is -0.497 e. The fourth-order valence-corrected chi connectivity index (χ4v) is 1.93. The molecule has 0 bridgehead atoms. The molecular formula is C16H12N2O3. The number of carbonyl (C=O) groups excluding carboxylic acids is 1. The van der Waals surface area contributed by atoms with Crippen molar-refractivity contribution >= 4 is 22.9 Å². The zero-order valence-electron chi connectivity index (χ0n) is 11.3. The van der Waals surface area contributed by atoms with Gasteiger partial charge in [0.05, 0.1) is 7.11 Å². The number of aromatic nitrogens is 2. The third-order valence-electron chi connectivity index (χ3n) is 3.08. The predicted octanol–water partition coefficient (Wildman–Crippen LogP) is 3.13. The van der Waals surface area contributed by atoms with Crippen molar-refractivity contribution in [2.45, 2.75) is 0 Å². The van der Waals surface area contributed by atoms with Gasteiger partial charge < -0.3 is 4.74 Å². The highest BCUT2D eigenvalue weighted by atomic mass is 16.6. The first-order chi connectivity index (χ1) is 10.3. The SMILES string of the molecule is COc1ccc(C(=O)/C=C/c2ccc3nonc3c2)cc1. The number of nitrogens with zero attached hydrogens (tertiary/aromatic N) is 2. The molecule has 0 spiro atoms. The van der Waals surface area contributed by atoms with Gasteiger partial charge in [0.15, 0.2) is 5.78 Å². The van der Waals surface area contributed by atoms with Crippen molar-refractivity contribution in [2.75, 3.05) is 7.11 Å². The summed E-state index contributed by atoms with van der Waals surface area (Å²) in [5.41, 5.74) is 2.82. The molecule has 3 aromatic rings. The van der Waals surface area contributed by atoms with Crippen LogP contribution in [0.1, 0.15) is 15.9 Å². The molecule has 3 rings (SSSR count). The predicted molar refractivity (Wildman–Crippen MR) is 78.2 cm³/mol. The maximum absolute atomic E-state index is 12.1. The number of carbonyl (C=O) groups is 1. The average molecular weight is 280 g/mol. The van der Waals surface area contributed by atoms with Gasteiger partial charge in [0.2, 0.25) is 0 Å². The van der Waals surface area contributed by atoms with Crippen LogP contribution in [0.25, 0.3) is 17.1 Å². The third kappa shape index (κ3) is 2.81. The van der Waals surface area contributed by atoms with Crippen LogP contribution >= 0.6 is 0 Å². The van der Waals surface area contributed by atoms with Crippen LogP contribution in [0.4, 0.5) is 0 Å². The van der Waals surface area contributed by atoms with Gasteiger partial charge >= 0.3 is 0 Å². The molecule has 0 radical (unpaired) electrons.